The number of hydrogen-bond donors (Lipinski definition) is 1. The maximum absolute atomic E-state index is 6.43. The largest absolute Gasteiger partial charge is 0.329 e. The molecule has 2 heterocycles. The smallest absolute Gasteiger partial charge is 0.0362 e. The van der Waals surface area contributed by atoms with Gasteiger partial charge in [0.15, 0.2) is 0 Å². The molecule has 122 valence electrons. The Morgan fingerprint density at radius 1 is 1.05 bits per heavy atom. The summed E-state index contributed by atoms with van der Waals surface area (Å²) in [6.45, 7) is 10.9. The Morgan fingerprint density at radius 2 is 1.86 bits per heavy atom. The highest BCUT2D eigenvalue weighted by Gasteiger charge is 2.47. The van der Waals surface area contributed by atoms with Crippen molar-refractivity contribution in [1.82, 2.24) is 9.80 Å². The number of hydrogen-bond acceptors (Lipinski definition) is 3. The van der Waals surface area contributed by atoms with Crippen LogP contribution >= 0.6 is 0 Å². The lowest BCUT2D eigenvalue weighted by Gasteiger charge is -2.53. The van der Waals surface area contributed by atoms with Crippen molar-refractivity contribution in [2.75, 3.05) is 32.7 Å². The SMILES string of the molecule is CC(C)C1CCCCC1(CN)N1CCCN2CCCC2C1. The average molecular weight is 293 g/mol. The van der Waals surface area contributed by atoms with Crippen molar-refractivity contribution in [3.63, 3.8) is 0 Å². The Balaban J connectivity index is 1.82. The van der Waals surface area contributed by atoms with Crippen LogP contribution in [0.4, 0.5) is 0 Å². The maximum atomic E-state index is 6.43. The van der Waals surface area contributed by atoms with E-state index in [1.54, 1.807) is 0 Å². The van der Waals surface area contributed by atoms with Crippen LogP contribution in [-0.4, -0.2) is 54.1 Å². The zero-order valence-corrected chi connectivity index (χ0v) is 14.2. The summed E-state index contributed by atoms with van der Waals surface area (Å²) in [5, 5.41) is 0. The van der Waals surface area contributed by atoms with Gasteiger partial charge in [-0.25, -0.2) is 0 Å². The van der Waals surface area contributed by atoms with Gasteiger partial charge in [0.25, 0.3) is 0 Å². The van der Waals surface area contributed by atoms with Gasteiger partial charge in [0, 0.05) is 31.2 Å². The second kappa shape index (κ2) is 6.55. The molecular formula is C18H35N3. The highest BCUT2D eigenvalue weighted by atomic mass is 15.3. The molecule has 3 unspecified atom stereocenters. The molecule has 3 atom stereocenters. The molecule has 0 aromatic heterocycles. The van der Waals surface area contributed by atoms with Crippen molar-refractivity contribution in [1.29, 1.82) is 0 Å². The van der Waals surface area contributed by atoms with Crippen LogP contribution in [0.2, 0.25) is 0 Å². The molecule has 0 aromatic rings. The lowest BCUT2D eigenvalue weighted by atomic mass is 9.66. The summed E-state index contributed by atoms with van der Waals surface area (Å²) >= 11 is 0. The van der Waals surface area contributed by atoms with Gasteiger partial charge in [0.2, 0.25) is 0 Å². The molecule has 1 saturated carbocycles. The topological polar surface area (TPSA) is 32.5 Å². The normalized spacial score (nSPS) is 39.4. The molecule has 0 aromatic carbocycles. The quantitative estimate of drug-likeness (QED) is 0.868. The fourth-order valence-electron chi connectivity index (χ4n) is 5.59. The minimum atomic E-state index is 0.297. The van der Waals surface area contributed by atoms with E-state index in [1.807, 2.05) is 0 Å². The minimum absolute atomic E-state index is 0.297. The summed E-state index contributed by atoms with van der Waals surface area (Å²) < 4.78 is 0. The maximum Gasteiger partial charge on any atom is 0.0362 e. The van der Waals surface area contributed by atoms with E-state index in [1.165, 1.54) is 71.1 Å². The summed E-state index contributed by atoms with van der Waals surface area (Å²) in [4.78, 5) is 5.60. The number of fused-ring (bicyclic) bond motifs is 1. The molecule has 3 rings (SSSR count). The first-order valence-corrected chi connectivity index (χ1v) is 9.36. The van der Waals surface area contributed by atoms with Crippen LogP contribution in [0.5, 0.6) is 0 Å². The standard InChI is InChI=1S/C18H35N3/c1-15(2)17-8-3-4-9-18(17,14-19)21-12-6-11-20-10-5-7-16(20)13-21/h15-17H,3-14,19H2,1-2H3. The molecule has 3 aliphatic rings. The molecule has 1 aliphatic carbocycles. The molecule has 0 amide bonds. The molecule has 2 aliphatic heterocycles. The van der Waals surface area contributed by atoms with E-state index in [4.69, 9.17) is 5.73 Å². The van der Waals surface area contributed by atoms with Crippen molar-refractivity contribution < 1.29 is 0 Å². The highest BCUT2D eigenvalue weighted by molar-refractivity contribution is 5.03. The molecule has 3 heteroatoms. The summed E-state index contributed by atoms with van der Waals surface area (Å²) in [5.74, 6) is 1.56. The number of nitrogens with two attached hydrogens (primary N) is 1. The molecule has 21 heavy (non-hydrogen) atoms. The van der Waals surface area contributed by atoms with Gasteiger partial charge in [-0.15, -0.1) is 0 Å². The first-order chi connectivity index (χ1) is 10.2. The van der Waals surface area contributed by atoms with E-state index in [2.05, 4.69) is 23.6 Å². The van der Waals surface area contributed by atoms with Crippen LogP contribution in [0.1, 0.15) is 58.8 Å². The average Bonchev–Trinajstić information content (AvgIpc) is 2.83. The Kier molecular flexibility index (Phi) is 4.92. The van der Waals surface area contributed by atoms with Crippen LogP contribution in [0.15, 0.2) is 0 Å². The number of rotatable bonds is 3. The second-order valence-corrected chi connectivity index (χ2v) is 8.04. The first kappa shape index (κ1) is 15.8. The van der Waals surface area contributed by atoms with Crippen molar-refractivity contribution >= 4 is 0 Å². The van der Waals surface area contributed by atoms with Gasteiger partial charge >= 0.3 is 0 Å². The van der Waals surface area contributed by atoms with Crippen molar-refractivity contribution in [2.24, 2.45) is 17.6 Å². The van der Waals surface area contributed by atoms with Crippen molar-refractivity contribution in [3.05, 3.63) is 0 Å². The summed E-state index contributed by atoms with van der Waals surface area (Å²) in [6.07, 6.45) is 9.66. The Bertz CT molecular complexity index is 343. The molecule has 0 bridgehead atoms. The van der Waals surface area contributed by atoms with Gasteiger partial charge in [0.05, 0.1) is 0 Å². The fourth-order valence-corrected chi connectivity index (χ4v) is 5.59. The lowest BCUT2D eigenvalue weighted by Crippen LogP contribution is -2.62. The van der Waals surface area contributed by atoms with Gasteiger partial charge in [-0.2, -0.15) is 0 Å². The molecule has 2 N–H and O–H groups in total. The van der Waals surface area contributed by atoms with E-state index in [9.17, 15) is 0 Å². The minimum Gasteiger partial charge on any atom is -0.329 e. The van der Waals surface area contributed by atoms with Crippen molar-refractivity contribution in [2.45, 2.75) is 70.4 Å². The van der Waals surface area contributed by atoms with E-state index in [0.717, 1.165) is 24.4 Å². The predicted octanol–water partition coefficient (Wildman–Crippen LogP) is 2.70. The Labute approximate surface area is 131 Å². The molecule has 3 nitrogen and oxygen atoms in total. The Hall–Kier alpha value is -0.120. The van der Waals surface area contributed by atoms with Gasteiger partial charge in [-0.1, -0.05) is 26.7 Å². The van der Waals surface area contributed by atoms with Gasteiger partial charge in [0.1, 0.15) is 0 Å². The summed E-state index contributed by atoms with van der Waals surface area (Å²) in [6, 6.07) is 0.811. The van der Waals surface area contributed by atoms with Crippen LogP contribution in [0.25, 0.3) is 0 Å². The third-order valence-corrected chi connectivity index (χ3v) is 6.66. The molecule has 0 radical (unpaired) electrons. The van der Waals surface area contributed by atoms with E-state index in [0.29, 0.717) is 5.54 Å². The lowest BCUT2D eigenvalue weighted by molar-refractivity contribution is -0.0170. The molecule has 3 fully saturated rings. The third kappa shape index (κ3) is 2.89. The molecular weight excluding hydrogens is 258 g/mol. The van der Waals surface area contributed by atoms with E-state index in [-0.39, 0.29) is 0 Å². The van der Waals surface area contributed by atoms with Gasteiger partial charge < -0.3 is 5.73 Å². The fraction of sp³-hybridized carbons (Fsp3) is 1.00. The monoisotopic (exact) mass is 293 g/mol. The second-order valence-electron chi connectivity index (χ2n) is 8.04. The van der Waals surface area contributed by atoms with Crippen LogP contribution in [-0.2, 0) is 0 Å². The van der Waals surface area contributed by atoms with E-state index < -0.39 is 0 Å². The predicted molar refractivity (Wildman–Crippen MR) is 89.4 cm³/mol. The zero-order valence-electron chi connectivity index (χ0n) is 14.2. The molecule has 0 spiro atoms. The third-order valence-electron chi connectivity index (χ3n) is 6.66. The molecule has 2 saturated heterocycles. The van der Waals surface area contributed by atoms with Gasteiger partial charge in [-0.05, 0) is 57.0 Å². The van der Waals surface area contributed by atoms with Crippen molar-refractivity contribution in [3.8, 4) is 0 Å². The zero-order chi connectivity index (χ0) is 14.9. The highest BCUT2D eigenvalue weighted by Crippen LogP contribution is 2.43. The first-order valence-electron chi connectivity index (χ1n) is 9.36. The van der Waals surface area contributed by atoms with Gasteiger partial charge in [-0.3, -0.25) is 9.80 Å². The summed E-state index contributed by atoms with van der Waals surface area (Å²) in [7, 11) is 0. The van der Waals surface area contributed by atoms with Crippen LogP contribution < -0.4 is 5.73 Å². The number of nitrogens with zero attached hydrogens (tertiary/aromatic N) is 2. The Morgan fingerprint density at radius 3 is 2.62 bits per heavy atom. The van der Waals surface area contributed by atoms with Crippen LogP contribution in [0.3, 0.4) is 0 Å². The van der Waals surface area contributed by atoms with E-state index >= 15 is 0 Å². The summed E-state index contributed by atoms with van der Waals surface area (Å²) in [5.41, 5.74) is 6.73. The van der Waals surface area contributed by atoms with Crippen LogP contribution in [0, 0.1) is 11.8 Å².